The van der Waals surface area contributed by atoms with Crippen LogP contribution in [0.5, 0.6) is 0 Å². The van der Waals surface area contributed by atoms with Crippen molar-refractivity contribution in [1.82, 2.24) is 14.9 Å². The molecule has 0 unspecified atom stereocenters. The van der Waals surface area contributed by atoms with Gasteiger partial charge in [0.25, 0.3) is 0 Å². The standard InChI is InChI=1S/C17H23N3OS/c1-3-4-11-20(2)17(21)12-15-13-22-16(19-15)9-8-14-7-5-6-10-18-14/h5-7,10,13H,3-4,8-9,11-12H2,1-2H3. The van der Waals surface area contributed by atoms with Crippen LogP contribution in [0.1, 0.15) is 36.2 Å². The van der Waals surface area contributed by atoms with Crippen molar-refractivity contribution in [2.45, 2.75) is 39.0 Å². The van der Waals surface area contributed by atoms with E-state index >= 15 is 0 Å². The van der Waals surface area contributed by atoms with E-state index in [4.69, 9.17) is 0 Å². The first kappa shape index (κ1) is 16.6. The molecule has 0 radical (unpaired) electrons. The van der Waals surface area contributed by atoms with Crippen molar-refractivity contribution >= 4 is 17.2 Å². The SMILES string of the molecule is CCCCN(C)C(=O)Cc1csc(CCc2ccccn2)n1. The molecule has 2 rings (SSSR count). The largest absolute Gasteiger partial charge is 0.345 e. The summed E-state index contributed by atoms with van der Waals surface area (Å²) in [5, 5.41) is 3.07. The predicted molar refractivity (Wildman–Crippen MR) is 90.0 cm³/mol. The Bertz CT molecular complexity index is 583. The third-order valence-electron chi connectivity index (χ3n) is 3.53. The molecule has 22 heavy (non-hydrogen) atoms. The average molecular weight is 317 g/mol. The molecular formula is C17H23N3OS. The number of aromatic nitrogens is 2. The van der Waals surface area contributed by atoms with Crippen LogP contribution in [0.2, 0.25) is 0 Å². The minimum atomic E-state index is 0.148. The molecule has 0 bridgehead atoms. The highest BCUT2D eigenvalue weighted by molar-refractivity contribution is 7.09. The van der Waals surface area contributed by atoms with Crippen LogP contribution < -0.4 is 0 Å². The predicted octanol–water partition coefficient (Wildman–Crippen LogP) is 3.12. The van der Waals surface area contributed by atoms with Crippen molar-refractivity contribution in [3.05, 3.63) is 46.2 Å². The number of aryl methyl sites for hydroxylation is 2. The molecule has 0 aliphatic heterocycles. The van der Waals surface area contributed by atoms with Crippen LogP contribution in [-0.2, 0) is 24.1 Å². The lowest BCUT2D eigenvalue weighted by Crippen LogP contribution is -2.29. The Balaban J connectivity index is 1.82. The molecule has 0 aliphatic rings. The van der Waals surface area contributed by atoms with Gasteiger partial charge in [0.15, 0.2) is 0 Å². The van der Waals surface area contributed by atoms with Crippen LogP contribution in [0, 0.1) is 0 Å². The molecule has 118 valence electrons. The van der Waals surface area contributed by atoms with Crippen LogP contribution in [0.25, 0.3) is 0 Å². The van der Waals surface area contributed by atoms with E-state index in [0.717, 1.165) is 48.6 Å². The molecule has 4 nitrogen and oxygen atoms in total. The number of pyridine rings is 1. The van der Waals surface area contributed by atoms with Gasteiger partial charge in [0.1, 0.15) is 0 Å². The van der Waals surface area contributed by atoms with Crippen LogP contribution in [0.15, 0.2) is 29.8 Å². The summed E-state index contributed by atoms with van der Waals surface area (Å²) >= 11 is 1.63. The summed E-state index contributed by atoms with van der Waals surface area (Å²) in [5.41, 5.74) is 1.96. The molecule has 0 spiro atoms. The molecule has 0 aliphatic carbocycles. The van der Waals surface area contributed by atoms with Crippen molar-refractivity contribution in [1.29, 1.82) is 0 Å². The molecule has 5 heteroatoms. The Morgan fingerprint density at radius 3 is 2.86 bits per heavy atom. The van der Waals surface area contributed by atoms with Crippen molar-refractivity contribution in [2.75, 3.05) is 13.6 Å². The van der Waals surface area contributed by atoms with E-state index in [0.29, 0.717) is 6.42 Å². The number of likely N-dealkylation sites (N-methyl/N-ethyl adjacent to an activating group) is 1. The Kier molecular flexibility index (Phi) is 6.52. The van der Waals surface area contributed by atoms with E-state index in [1.165, 1.54) is 0 Å². The first-order valence-electron chi connectivity index (χ1n) is 7.76. The summed E-state index contributed by atoms with van der Waals surface area (Å²) in [6.07, 6.45) is 6.13. The van der Waals surface area contributed by atoms with E-state index in [9.17, 15) is 4.79 Å². The second kappa shape index (κ2) is 8.63. The Labute approximate surface area is 136 Å². The monoisotopic (exact) mass is 317 g/mol. The molecule has 0 saturated heterocycles. The zero-order valence-electron chi connectivity index (χ0n) is 13.3. The lowest BCUT2D eigenvalue weighted by atomic mass is 10.2. The Hall–Kier alpha value is -1.75. The lowest BCUT2D eigenvalue weighted by molar-refractivity contribution is -0.129. The van der Waals surface area contributed by atoms with Gasteiger partial charge >= 0.3 is 0 Å². The number of carbonyl (C=O) groups excluding carboxylic acids is 1. The van der Waals surface area contributed by atoms with E-state index in [1.54, 1.807) is 16.2 Å². The molecule has 0 atom stereocenters. The number of hydrogen-bond acceptors (Lipinski definition) is 4. The van der Waals surface area contributed by atoms with Gasteiger partial charge in [0.05, 0.1) is 17.1 Å². The van der Waals surface area contributed by atoms with Gasteiger partial charge in [-0.1, -0.05) is 19.4 Å². The first-order chi connectivity index (χ1) is 10.7. The van der Waals surface area contributed by atoms with Gasteiger partial charge < -0.3 is 4.90 Å². The molecule has 0 fully saturated rings. The summed E-state index contributed by atoms with van der Waals surface area (Å²) < 4.78 is 0. The molecule has 1 amide bonds. The number of nitrogens with zero attached hydrogens (tertiary/aromatic N) is 3. The number of unbranched alkanes of at least 4 members (excludes halogenated alkanes) is 1. The number of carbonyl (C=O) groups is 1. The van der Waals surface area contributed by atoms with E-state index in [-0.39, 0.29) is 5.91 Å². The van der Waals surface area contributed by atoms with Gasteiger partial charge in [-0.25, -0.2) is 4.98 Å². The number of hydrogen-bond donors (Lipinski definition) is 0. The fourth-order valence-electron chi connectivity index (χ4n) is 2.14. The van der Waals surface area contributed by atoms with Gasteiger partial charge in [-0.05, 0) is 25.0 Å². The van der Waals surface area contributed by atoms with Gasteiger partial charge in [0, 0.05) is 37.3 Å². The molecule has 0 saturated carbocycles. The Morgan fingerprint density at radius 2 is 2.14 bits per heavy atom. The van der Waals surface area contributed by atoms with Gasteiger partial charge in [0.2, 0.25) is 5.91 Å². The van der Waals surface area contributed by atoms with Crippen LogP contribution >= 0.6 is 11.3 Å². The minimum Gasteiger partial charge on any atom is -0.345 e. The van der Waals surface area contributed by atoms with Crippen molar-refractivity contribution < 1.29 is 4.79 Å². The third kappa shape index (κ3) is 5.22. The summed E-state index contributed by atoms with van der Waals surface area (Å²) in [6.45, 7) is 2.96. The number of rotatable bonds is 8. The second-order valence-corrected chi connectivity index (χ2v) is 6.34. The highest BCUT2D eigenvalue weighted by Gasteiger charge is 2.11. The van der Waals surface area contributed by atoms with Crippen LogP contribution in [-0.4, -0.2) is 34.4 Å². The molecule has 0 N–H and O–H groups in total. The van der Waals surface area contributed by atoms with Crippen LogP contribution in [0.4, 0.5) is 0 Å². The maximum atomic E-state index is 12.1. The quantitative estimate of drug-likeness (QED) is 0.751. The zero-order chi connectivity index (χ0) is 15.8. The van der Waals surface area contributed by atoms with Crippen LogP contribution in [0.3, 0.4) is 0 Å². The topological polar surface area (TPSA) is 46.1 Å². The van der Waals surface area contributed by atoms with Crippen molar-refractivity contribution in [3.63, 3.8) is 0 Å². The fraction of sp³-hybridized carbons (Fsp3) is 0.471. The normalized spacial score (nSPS) is 10.6. The molecule has 2 aromatic heterocycles. The summed E-state index contributed by atoms with van der Waals surface area (Å²) in [5.74, 6) is 0.148. The summed E-state index contributed by atoms with van der Waals surface area (Å²) in [6, 6.07) is 5.95. The number of thiazole rings is 1. The summed E-state index contributed by atoms with van der Waals surface area (Å²) in [4.78, 5) is 22.8. The fourth-order valence-corrected chi connectivity index (χ4v) is 2.93. The summed E-state index contributed by atoms with van der Waals surface area (Å²) in [7, 11) is 1.87. The molecule has 2 heterocycles. The highest BCUT2D eigenvalue weighted by atomic mass is 32.1. The number of amides is 1. The second-order valence-electron chi connectivity index (χ2n) is 5.40. The van der Waals surface area contributed by atoms with E-state index < -0.39 is 0 Å². The third-order valence-corrected chi connectivity index (χ3v) is 4.48. The molecule has 0 aromatic carbocycles. The van der Waals surface area contributed by atoms with Gasteiger partial charge in [-0.15, -0.1) is 11.3 Å². The average Bonchev–Trinajstić information content (AvgIpc) is 2.99. The molecule has 2 aromatic rings. The lowest BCUT2D eigenvalue weighted by Gasteiger charge is -2.15. The van der Waals surface area contributed by atoms with Crippen molar-refractivity contribution in [3.8, 4) is 0 Å². The Morgan fingerprint density at radius 1 is 1.27 bits per heavy atom. The zero-order valence-corrected chi connectivity index (χ0v) is 14.1. The highest BCUT2D eigenvalue weighted by Crippen LogP contribution is 2.13. The van der Waals surface area contributed by atoms with E-state index in [1.807, 2.05) is 36.8 Å². The smallest absolute Gasteiger partial charge is 0.228 e. The minimum absolute atomic E-state index is 0.148. The van der Waals surface area contributed by atoms with Crippen molar-refractivity contribution in [2.24, 2.45) is 0 Å². The maximum Gasteiger partial charge on any atom is 0.228 e. The van der Waals surface area contributed by atoms with E-state index in [2.05, 4.69) is 16.9 Å². The van der Waals surface area contributed by atoms with Gasteiger partial charge in [-0.2, -0.15) is 0 Å². The maximum absolute atomic E-state index is 12.1. The van der Waals surface area contributed by atoms with Gasteiger partial charge in [-0.3, -0.25) is 9.78 Å². The molecular weight excluding hydrogens is 294 g/mol. The first-order valence-corrected chi connectivity index (χ1v) is 8.64.